The molecule has 0 aliphatic rings. The number of unbranched alkanes of at least 4 members (excludes halogenated alkanes) is 18. The van der Waals surface area contributed by atoms with Gasteiger partial charge in [0, 0.05) is 6.42 Å². The topological polar surface area (TPSA) is 69.6 Å². The van der Waals surface area contributed by atoms with Gasteiger partial charge < -0.3 is 15.5 Å². The van der Waals surface area contributed by atoms with Crippen molar-refractivity contribution in [2.75, 3.05) is 6.61 Å². The van der Waals surface area contributed by atoms with Crippen molar-refractivity contribution < 1.29 is 15.0 Å². The molecule has 0 heterocycles. The van der Waals surface area contributed by atoms with Crippen LogP contribution in [0.2, 0.25) is 0 Å². The molecule has 0 rings (SSSR count). The normalized spacial score (nSPS) is 13.9. The minimum atomic E-state index is -0.661. The van der Waals surface area contributed by atoms with E-state index in [0.29, 0.717) is 12.8 Å². The van der Waals surface area contributed by atoms with Gasteiger partial charge in [-0.2, -0.15) is 0 Å². The molecule has 0 bridgehead atoms. The Bertz CT molecular complexity index is 1060. The lowest BCUT2D eigenvalue weighted by Gasteiger charge is -2.22. The van der Waals surface area contributed by atoms with Gasteiger partial charge in [-0.05, 0) is 77.0 Å². The second-order valence-corrected chi connectivity index (χ2v) is 15.4. The van der Waals surface area contributed by atoms with Gasteiger partial charge >= 0.3 is 0 Å². The van der Waals surface area contributed by atoms with Gasteiger partial charge in [-0.15, -0.1) is 0 Å². The van der Waals surface area contributed by atoms with E-state index in [0.717, 1.165) is 77.0 Å². The molecule has 0 aromatic carbocycles. The van der Waals surface area contributed by atoms with Crippen LogP contribution in [0.25, 0.3) is 0 Å². The number of aliphatic hydroxyl groups is 2. The molecule has 2 unspecified atom stereocenters. The fraction of sp³-hybridized carbons (Fsp3) is 0.673. The summed E-state index contributed by atoms with van der Waals surface area (Å²) in [7, 11) is 0. The highest BCUT2D eigenvalue weighted by Gasteiger charge is 2.19. The van der Waals surface area contributed by atoms with E-state index in [4.69, 9.17) is 0 Å². The Labute approximate surface area is 347 Å². The summed E-state index contributed by atoms with van der Waals surface area (Å²) in [6.45, 7) is 4.19. The third-order valence-corrected chi connectivity index (χ3v) is 10.1. The number of aliphatic hydroxyl groups excluding tert-OH is 2. The van der Waals surface area contributed by atoms with E-state index in [1.807, 2.05) is 0 Å². The van der Waals surface area contributed by atoms with Crippen molar-refractivity contribution in [3.63, 3.8) is 0 Å². The molecule has 0 aliphatic carbocycles. The smallest absolute Gasteiger partial charge is 0.220 e. The molecule has 2 atom stereocenters. The maximum absolute atomic E-state index is 12.3. The monoisotopic (exact) mass is 776 g/mol. The fourth-order valence-corrected chi connectivity index (χ4v) is 6.55. The molecule has 0 fully saturated rings. The molecule has 0 radical (unpaired) electrons. The Morgan fingerprint density at radius 2 is 0.786 bits per heavy atom. The molecule has 0 aromatic rings. The van der Waals surface area contributed by atoms with Gasteiger partial charge in [-0.1, -0.05) is 220 Å². The Morgan fingerprint density at radius 1 is 0.446 bits per heavy atom. The van der Waals surface area contributed by atoms with Crippen LogP contribution in [-0.4, -0.2) is 34.9 Å². The van der Waals surface area contributed by atoms with Crippen LogP contribution < -0.4 is 5.32 Å². The quantitative estimate of drug-likeness (QED) is 0.0428. The Hall–Kier alpha value is -2.69. The maximum atomic E-state index is 12.3. The highest BCUT2D eigenvalue weighted by atomic mass is 16.3. The molecule has 0 saturated carbocycles. The van der Waals surface area contributed by atoms with E-state index in [1.165, 1.54) is 103 Å². The van der Waals surface area contributed by atoms with Gasteiger partial charge in [0.25, 0.3) is 0 Å². The summed E-state index contributed by atoms with van der Waals surface area (Å²) in [6.07, 6.45) is 69.5. The van der Waals surface area contributed by atoms with E-state index in [1.54, 1.807) is 0 Å². The van der Waals surface area contributed by atoms with Crippen molar-refractivity contribution in [3.05, 3.63) is 97.2 Å². The summed E-state index contributed by atoms with van der Waals surface area (Å²) in [5.74, 6) is -0.0424. The molecule has 4 nitrogen and oxygen atoms in total. The van der Waals surface area contributed by atoms with E-state index in [9.17, 15) is 15.0 Å². The lowest BCUT2D eigenvalue weighted by atomic mass is 10.0. The molecule has 56 heavy (non-hydrogen) atoms. The Kier molecular flexibility index (Phi) is 44.4. The van der Waals surface area contributed by atoms with E-state index >= 15 is 0 Å². The molecule has 0 aliphatic heterocycles. The van der Waals surface area contributed by atoms with Crippen LogP contribution >= 0.6 is 0 Å². The Morgan fingerprint density at radius 3 is 1.18 bits per heavy atom. The minimum absolute atomic E-state index is 0.0424. The zero-order valence-electron chi connectivity index (χ0n) is 36.6. The fourth-order valence-electron chi connectivity index (χ4n) is 6.55. The van der Waals surface area contributed by atoms with Gasteiger partial charge in [0.1, 0.15) is 0 Å². The van der Waals surface area contributed by atoms with Crippen LogP contribution in [-0.2, 0) is 4.79 Å². The van der Waals surface area contributed by atoms with E-state index in [2.05, 4.69) is 116 Å². The molecule has 320 valence electrons. The van der Waals surface area contributed by atoms with Crippen molar-refractivity contribution in [1.82, 2.24) is 5.32 Å². The lowest BCUT2D eigenvalue weighted by molar-refractivity contribution is -0.123. The number of hydrogen-bond donors (Lipinski definition) is 3. The summed E-state index contributed by atoms with van der Waals surface area (Å²) in [4.78, 5) is 12.3. The van der Waals surface area contributed by atoms with Crippen LogP contribution in [0, 0.1) is 0 Å². The molecule has 0 aromatic heterocycles. The second-order valence-electron chi connectivity index (χ2n) is 15.4. The second kappa shape index (κ2) is 46.7. The Balaban J connectivity index is 3.53. The predicted molar refractivity (Wildman–Crippen MR) is 248 cm³/mol. The molecular weight excluding hydrogens is 687 g/mol. The van der Waals surface area contributed by atoms with Gasteiger partial charge in [-0.25, -0.2) is 0 Å². The number of hydrogen-bond acceptors (Lipinski definition) is 3. The van der Waals surface area contributed by atoms with Gasteiger partial charge in [0.2, 0.25) is 5.91 Å². The van der Waals surface area contributed by atoms with Gasteiger partial charge in [-0.3, -0.25) is 4.79 Å². The third kappa shape index (κ3) is 42.5. The molecule has 0 spiro atoms. The first-order valence-corrected chi connectivity index (χ1v) is 23.4. The van der Waals surface area contributed by atoms with Crippen LogP contribution in [0.15, 0.2) is 97.2 Å². The summed E-state index contributed by atoms with van der Waals surface area (Å²) >= 11 is 0. The molecule has 0 saturated heterocycles. The lowest BCUT2D eigenvalue weighted by Crippen LogP contribution is -2.45. The standard InChI is InChI=1S/C52H89NO3/c1-3-5-7-9-11-12-13-14-15-16-17-18-19-20-21-22-23-24-25-26-27-28-29-30-31-32-33-34-35-36-37-38-39-40-42-44-46-48-52(56)53-50(49-54)51(55)47-45-43-41-10-8-6-4-2/h5,7,11-12,14-15,17-18,20-21,23-24,26-27,29-30,50-51,54-55H,3-4,6,8-10,13,16,19,22,25,28,31-49H2,1-2H3,(H,53,56)/b7-5-,12-11-,15-14-,18-17-,21-20-,24-23-,27-26-,30-29-. The third-order valence-electron chi connectivity index (χ3n) is 10.1. The largest absolute Gasteiger partial charge is 0.394 e. The molecule has 3 N–H and O–H groups in total. The average Bonchev–Trinajstić information content (AvgIpc) is 3.20. The molecule has 1 amide bonds. The number of rotatable bonds is 41. The van der Waals surface area contributed by atoms with Crippen LogP contribution in [0.5, 0.6) is 0 Å². The number of carbonyl (C=O) groups is 1. The first-order valence-electron chi connectivity index (χ1n) is 23.4. The van der Waals surface area contributed by atoms with Crippen molar-refractivity contribution >= 4 is 5.91 Å². The average molecular weight is 776 g/mol. The predicted octanol–water partition coefficient (Wildman–Crippen LogP) is 15.0. The maximum Gasteiger partial charge on any atom is 0.220 e. The molecule has 4 heteroatoms. The first-order chi connectivity index (χ1) is 27.7. The minimum Gasteiger partial charge on any atom is -0.394 e. The number of amides is 1. The highest BCUT2D eigenvalue weighted by Crippen LogP contribution is 2.14. The number of nitrogens with one attached hydrogen (secondary N) is 1. The van der Waals surface area contributed by atoms with Gasteiger partial charge in [0.15, 0.2) is 0 Å². The summed E-state index contributed by atoms with van der Waals surface area (Å²) in [6, 6.07) is -0.539. The highest BCUT2D eigenvalue weighted by molar-refractivity contribution is 5.76. The summed E-state index contributed by atoms with van der Waals surface area (Å²) in [5, 5.41) is 22.9. The zero-order valence-corrected chi connectivity index (χ0v) is 36.6. The number of allylic oxidation sites excluding steroid dienone is 16. The van der Waals surface area contributed by atoms with E-state index in [-0.39, 0.29) is 12.5 Å². The van der Waals surface area contributed by atoms with Crippen molar-refractivity contribution in [1.29, 1.82) is 0 Å². The zero-order chi connectivity index (χ0) is 40.7. The molecular formula is C52H89NO3. The first kappa shape index (κ1) is 53.3. The SMILES string of the molecule is CC/C=C\C/C=C\C/C=C\C/C=C\C/C=C\C/C=C\C/C=C\C/C=C\CCCCCCCCCCCCCCC(=O)NC(CO)C(O)CCCCCCCCC. The van der Waals surface area contributed by atoms with Gasteiger partial charge in [0.05, 0.1) is 18.8 Å². The summed E-state index contributed by atoms with van der Waals surface area (Å²) in [5.41, 5.74) is 0. The van der Waals surface area contributed by atoms with Crippen molar-refractivity contribution in [2.45, 2.75) is 219 Å². The van der Waals surface area contributed by atoms with E-state index < -0.39 is 12.1 Å². The summed E-state index contributed by atoms with van der Waals surface area (Å²) < 4.78 is 0. The van der Waals surface area contributed by atoms with Crippen molar-refractivity contribution in [2.24, 2.45) is 0 Å². The number of carbonyl (C=O) groups excluding carboxylic acids is 1. The van der Waals surface area contributed by atoms with Crippen LogP contribution in [0.4, 0.5) is 0 Å². The van der Waals surface area contributed by atoms with Crippen LogP contribution in [0.1, 0.15) is 206 Å². The van der Waals surface area contributed by atoms with Crippen molar-refractivity contribution in [3.8, 4) is 0 Å². The van der Waals surface area contributed by atoms with Crippen LogP contribution in [0.3, 0.4) is 0 Å².